The summed E-state index contributed by atoms with van der Waals surface area (Å²) < 4.78 is 0. The van der Waals surface area contributed by atoms with Crippen LogP contribution in [0.1, 0.15) is 50.0 Å². The van der Waals surface area contributed by atoms with Crippen molar-refractivity contribution < 1.29 is 4.79 Å². The smallest absolute Gasteiger partial charge is 0.226 e. The van der Waals surface area contributed by atoms with Crippen molar-refractivity contribution in [1.82, 2.24) is 4.90 Å². The molecule has 1 amide bonds. The van der Waals surface area contributed by atoms with Crippen LogP contribution in [0.3, 0.4) is 0 Å². The minimum atomic E-state index is 0.237. The van der Waals surface area contributed by atoms with Crippen LogP contribution >= 0.6 is 0 Å². The Kier molecular flexibility index (Phi) is 3.86. The standard InChI is InChI=1S/C17H23NO/c19-17(18-12-5-2-6-13-18)16-11-7-10-15(16)14-8-3-1-4-9-14/h1,3-4,8-9,15-16H,2,5-7,10-13H2. The van der Waals surface area contributed by atoms with Crippen LogP contribution in [0.5, 0.6) is 0 Å². The Morgan fingerprint density at radius 2 is 1.68 bits per heavy atom. The average Bonchev–Trinajstić information content (AvgIpc) is 2.98. The Bertz CT molecular complexity index is 422. The minimum absolute atomic E-state index is 0.237. The number of carbonyl (C=O) groups is 1. The molecule has 0 spiro atoms. The summed E-state index contributed by atoms with van der Waals surface area (Å²) in [5.41, 5.74) is 1.36. The first kappa shape index (κ1) is 12.7. The Morgan fingerprint density at radius 3 is 2.42 bits per heavy atom. The van der Waals surface area contributed by atoms with Gasteiger partial charge in [-0.15, -0.1) is 0 Å². The van der Waals surface area contributed by atoms with Gasteiger partial charge in [0.15, 0.2) is 0 Å². The van der Waals surface area contributed by atoms with Crippen LogP contribution in [-0.2, 0) is 4.79 Å². The van der Waals surface area contributed by atoms with E-state index in [1.807, 2.05) is 0 Å². The van der Waals surface area contributed by atoms with Gasteiger partial charge in [0.25, 0.3) is 0 Å². The van der Waals surface area contributed by atoms with E-state index in [0.717, 1.165) is 19.5 Å². The van der Waals surface area contributed by atoms with Crippen LogP contribution in [0.25, 0.3) is 0 Å². The van der Waals surface area contributed by atoms with Crippen molar-refractivity contribution in [3.8, 4) is 0 Å². The molecule has 2 unspecified atom stereocenters. The third-order valence-electron chi connectivity index (χ3n) is 4.73. The highest BCUT2D eigenvalue weighted by Crippen LogP contribution is 2.40. The zero-order valence-corrected chi connectivity index (χ0v) is 11.6. The average molecular weight is 257 g/mol. The van der Waals surface area contributed by atoms with Crippen LogP contribution in [0.2, 0.25) is 0 Å². The van der Waals surface area contributed by atoms with E-state index in [1.165, 1.54) is 37.7 Å². The Hall–Kier alpha value is -1.31. The number of nitrogens with zero attached hydrogens (tertiary/aromatic N) is 1. The van der Waals surface area contributed by atoms with Crippen molar-refractivity contribution in [2.24, 2.45) is 5.92 Å². The lowest BCUT2D eigenvalue weighted by Crippen LogP contribution is -2.40. The predicted octanol–water partition coefficient (Wildman–Crippen LogP) is 3.58. The van der Waals surface area contributed by atoms with Gasteiger partial charge in [0, 0.05) is 19.0 Å². The van der Waals surface area contributed by atoms with Gasteiger partial charge in [-0.05, 0) is 43.6 Å². The van der Waals surface area contributed by atoms with Crippen molar-refractivity contribution >= 4 is 5.91 Å². The van der Waals surface area contributed by atoms with E-state index in [2.05, 4.69) is 35.2 Å². The molecule has 1 heterocycles. The van der Waals surface area contributed by atoms with Crippen LogP contribution in [0, 0.1) is 5.92 Å². The lowest BCUT2D eigenvalue weighted by atomic mass is 9.87. The molecule has 3 rings (SSSR count). The molecule has 0 bridgehead atoms. The van der Waals surface area contributed by atoms with Crippen LogP contribution in [-0.4, -0.2) is 23.9 Å². The van der Waals surface area contributed by atoms with Crippen molar-refractivity contribution in [2.75, 3.05) is 13.1 Å². The number of amides is 1. The summed E-state index contributed by atoms with van der Waals surface area (Å²) in [4.78, 5) is 14.8. The summed E-state index contributed by atoms with van der Waals surface area (Å²) in [5.74, 6) is 1.11. The summed E-state index contributed by atoms with van der Waals surface area (Å²) in [6.07, 6.45) is 7.12. The van der Waals surface area contributed by atoms with Crippen molar-refractivity contribution in [3.05, 3.63) is 35.9 Å². The number of carbonyl (C=O) groups excluding carboxylic acids is 1. The first-order valence-corrected chi connectivity index (χ1v) is 7.70. The van der Waals surface area contributed by atoms with Gasteiger partial charge in [0.1, 0.15) is 0 Å². The van der Waals surface area contributed by atoms with Gasteiger partial charge < -0.3 is 4.90 Å². The molecule has 102 valence electrons. The summed E-state index contributed by atoms with van der Waals surface area (Å²) in [5, 5.41) is 0. The number of hydrogen-bond acceptors (Lipinski definition) is 1. The van der Waals surface area contributed by atoms with Gasteiger partial charge in [-0.25, -0.2) is 0 Å². The van der Waals surface area contributed by atoms with Gasteiger partial charge in [-0.2, -0.15) is 0 Å². The first-order valence-electron chi connectivity index (χ1n) is 7.70. The zero-order chi connectivity index (χ0) is 13.1. The molecule has 0 N–H and O–H groups in total. The Labute approximate surface area is 115 Å². The fourth-order valence-electron chi connectivity index (χ4n) is 3.70. The molecule has 1 saturated carbocycles. The molecule has 2 heteroatoms. The van der Waals surface area contributed by atoms with E-state index >= 15 is 0 Å². The summed E-state index contributed by atoms with van der Waals surface area (Å²) in [6.45, 7) is 1.97. The maximum atomic E-state index is 12.7. The second-order valence-electron chi connectivity index (χ2n) is 5.94. The zero-order valence-electron chi connectivity index (χ0n) is 11.6. The highest BCUT2D eigenvalue weighted by Gasteiger charge is 2.36. The molecule has 1 aliphatic carbocycles. The highest BCUT2D eigenvalue weighted by atomic mass is 16.2. The van der Waals surface area contributed by atoms with Crippen LogP contribution in [0.4, 0.5) is 0 Å². The number of benzene rings is 1. The molecule has 2 nitrogen and oxygen atoms in total. The second kappa shape index (κ2) is 5.77. The first-order chi connectivity index (χ1) is 9.36. The SMILES string of the molecule is O=C(C1CCCC1c1ccccc1)N1CCCCC1. The Morgan fingerprint density at radius 1 is 0.947 bits per heavy atom. The summed E-state index contributed by atoms with van der Waals surface area (Å²) in [7, 11) is 0. The molecular formula is C17H23NO. The normalized spacial score (nSPS) is 27.5. The van der Waals surface area contributed by atoms with E-state index in [4.69, 9.17) is 0 Å². The van der Waals surface area contributed by atoms with E-state index in [-0.39, 0.29) is 5.92 Å². The number of rotatable bonds is 2. The molecule has 0 aromatic heterocycles. The van der Waals surface area contributed by atoms with Gasteiger partial charge in [0.2, 0.25) is 5.91 Å². The maximum absolute atomic E-state index is 12.7. The number of likely N-dealkylation sites (tertiary alicyclic amines) is 1. The lowest BCUT2D eigenvalue weighted by Gasteiger charge is -2.31. The molecule has 2 fully saturated rings. The molecule has 1 saturated heterocycles. The minimum Gasteiger partial charge on any atom is -0.342 e. The van der Waals surface area contributed by atoms with E-state index in [0.29, 0.717) is 11.8 Å². The van der Waals surface area contributed by atoms with E-state index in [1.54, 1.807) is 0 Å². The van der Waals surface area contributed by atoms with E-state index in [9.17, 15) is 4.79 Å². The van der Waals surface area contributed by atoms with Gasteiger partial charge in [-0.3, -0.25) is 4.79 Å². The molecule has 0 radical (unpaired) electrons. The van der Waals surface area contributed by atoms with Crippen molar-refractivity contribution in [2.45, 2.75) is 44.4 Å². The summed E-state index contributed by atoms with van der Waals surface area (Å²) in [6, 6.07) is 10.6. The van der Waals surface area contributed by atoms with Crippen LogP contribution < -0.4 is 0 Å². The molecule has 1 aromatic carbocycles. The predicted molar refractivity (Wildman–Crippen MR) is 77.0 cm³/mol. The number of piperidine rings is 1. The fourth-order valence-corrected chi connectivity index (χ4v) is 3.70. The number of hydrogen-bond donors (Lipinski definition) is 0. The third-order valence-corrected chi connectivity index (χ3v) is 4.73. The Balaban J connectivity index is 1.74. The quantitative estimate of drug-likeness (QED) is 0.793. The van der Waals surface area contributed by atoms with Crippen LogP contribution in [0.15, 0.2) is 30.3 Å². The molecule has 2 aliphatic rings. The monoisotopic (exact) mass is 257 g/mol. The fraction of sp³-hybridized carbons (Fsp3) is 0.588. The van der Waals surface area contributed by atoms with Crippen molar-refractivity contribution in [1.29, 1.82) is 0 Å². The van der Waals surface area contributed by atoms with Gasteiger partial charge in [-0.1, -0.05) is 36.8 Å². The molecule has 19 heavy (non-hydrogen) atoms. The van der Waals surface area contributed by atoms with Crippen molar-refractivity contribution in [3.63, 3.8) is 0 Å². The van der Waals surface area contributed by atoms with Gasteiger partial charge >= 0.3 is 0 Å². The van der Waals surface area contributed by atoms with Gasteiger partial charge in [0.05, 0.1) is 0 Å². The molecular weight excluding hydrogens is 234 g/mol. The second-order valence-corrected chi connectivity index (χ2v) is 5.94. The largest absolute Gasteiger partial charge is 0.342 e. The molecule has 1 aromatic rings. The topological polar surface area (TPSA) is 20.3 Å². The summed E-state index contributed by atoms with van der Waals surface area (Å²) >= 11 is 0. The lowest BCUT2D eigenvalue weighted by molar-refractivity contribution is -0.136. The third kappa shape index (κ3) is 2.68. The maximum Gasteiger partial charge on any atom is 0.226 e. The van der Waals surface area contributed by atoms with E-state index < -0.39 is 0 Å². The molecule has 1 aliphatic heterocycles. The highest BCUT2D eigenvalue weighted by molar-refractivity contribution is 5.80. The molecule has 2 atom stereocenters.